The van der Waals surface area contributed by atoms with Gasteiger partial charge in [0.2, 0.25) is 0 Å². The summed E-state index contributed by atoms with van der Waals surface area (Å²) in [6, 6.07) is 0. The fourth-order valence-electron chi connectivity index (χ4n) is 1.42. The quantitative estimate of drug-likeness (QED) is 0.472. The molecule has 16 heavy (non-hydrogen) atoms. The Morgan fingerprint density at radius 3 is 2.69 bits per heavy atom. The maximum absolute atomic E-state index is 11.6. The van der Waals surface area contributed by atoms with Gasteiger partial charge in [0.15, 0.2) is 0 Å². The fraction of sp³-hybridized carbons (Fsp3) is 0.909. The van der Waals surface area contributed by atoms with E-state index >= 15 is 0 Å². The van der Waals surface area contributed by atoms with Gasteiger partial charge in [0, 0.05) is 6.61 Å². The number of methoxy groups -OCH3 is 1. The molecule has 0 aliphatic rings. The van der Waals surface area contributed by atoms with Crippen LogP contribution in [0.1, 0.15) is 26.7 Å². The van der Waals surface area contributed by atoms with Gasteiger partial charge in [-0.2, -0.15) is 11.8 Å². The lowest BCUT2D eigenvalue weighted by molar-refractivity contribution is -0.147. The van der Waals surface area contributed by atoms with Crippen molar-refractivity contribution < 1.29 is 14.6 Å². The van der Waals surface area contributed by atoms with Crippen LogP contribution in [-0.2, 0) is 9.53 Å². The van der Waals surface area contributed by atoms with Gasteiger partial charge in [-0.3, -0.25) is 4.79 Å². The van der Waals surface area contributed by atoms with Crippen LogP contribution in [0.5, 0.6) is 0 Å². The lowest BCUT2D eigenvalue weighted by Gasteiger charge is -2.27. The standard InChI is InChI=1S/C11H23NO3S/c1-4-12-11(2,10(14)15-3)6-9-16-8-5-7-13/h12-13H,4-9H2,1-3H3. The zero-order valence-corrected chi connectivity index (χ0v) is 11.2. The van der Waals surface area contributed by atoms with E-state index in [2.05, 4.69) is 5.32 Å². The van der Waals surface area contributed by atoms with E-state index in [9.17, 15) is 4.79 Å². The molecule has 0 radical (unpaired) electrons. The number of carbonyl (C=O) groups excluding carboxylic acids is 1. The van der Waals surface area contributed by atoms with Crippen LogP contribution in [0.25, 0.3) is 0 Å². The number of hydrogen-bond acceptors (Lipinski definition) is 5. The van der Waals surface area contributed by atoms with Crippen molar-refractivity contribution in [3.8, 4) is 0 Å². The van der Waals surface area contributed by atoms with E-state index < -0.39 is 5.54 Å². The summed E-state index contributed by atoms with van der Waals surface area (Å²) in [5.41, 5.74) is -0.588. The Kier molecular flexibility index (Phi) is 8.70. The molecule has 0 saturated heterocycles. The van der Waals surface area contributed by atoms with Crippen LogP contribution in [0, 0.1) is 0 Å². The molecule has 5 heteroatoms. The van der Waals surface area contributed by atoms with Crippen LogP contribution < -0.4 is 5.32 Å². The maximum atomic E-state index is 11.6. The van der Waals surface area contributed by atoms with Gasteiger partial charge in [0.1, 0.15) is 5.54 Å². The summed E-state index contributed by atoms with van der Waals surface area (Å²) in [4.78, 5) is 11.6. The highest BCUT2D eigenvalue weighted by Gasteiger charge is 2.32. The molecule has 0 aliphatic heterocycles. The lowest BCUT2D eigenvalue weighted by Crippen LogP contribution is -2.50. The summed E-state index contributed by atoms with van der Waals surface area (Å²) >= 11 is 1.75. The van der Waals surface area contributed by atoms with E-state index in [4.69, 9.17) is 9.84 Å². The first-order chi connectivity index (χ1) is 7.60. The topological polar surface area (TPSA) is 58.6 Å². The highest BCUT2D eigenvalue weighted by molar-refractivity contribution is 7.99. The minimum Gasteiger partial charge on any atom is -0.468 e. The van der Waals surface area contributed by atoms with Gasteiger partial charge in [0.05, 0.1) is 7.11 Å². The van der Waals surface area contributed by atoms with E-state index in [1.54, 1.807) is 11.8 Å². The van der Waals surface area contributed by atoms with Crippen LogP contribution in [0.2, 0.25) is 0 Å². The van der Waals surface area contributed by atoms with Gasteiger partial charge in [-0.15, -0.1) is 0 Å². The summed E-state index contributed by atoms with van der Waals surface area (Å²) < 4.78 is 4.80. The van der Waals surface area contributed by atoms with Gasteiger partial charge in [-0.1, -0.05) is 6.92 Å². The monoisotopic (exact) mass is 249 g/mol. The summed E-state index contributed by atoms with van der Waals surface area (Å²) in [5.74, 6) is 1.61. The zero-order valence-electron chi connectivity index (χ0n) is 10.4. The summed E-state index contributed by atoms with van der Waals surface area (Å²) in [6.07, 6.45) is 1.55. The highest BCUT2D eigenvalue weighted by atomic mass is 32.2. The van der Waals surface area contributed by atoms with Crippen LogP contribution in [0.3, 0.4) is 0 Å². The molecule has 0 heterocycles. The molecular weight excluding hydrogens is 226 g/mol. The molecule has 0 rings (SSSR count). The van der Waals surface area contributed by atoms with Crippen molar-refractivity contribution >= 4 is 17.7 Å². The smallest absolute Gasteiger partial charge is 0.325 e. The molecule has 1 atom stereocenters. The van der Waals surface area contributed by atoms with Crippen molar-refractivity contribution in [3.05, 3.63) is 0 Å². The van der Waals surface area contributed by atoms with Gasteiger partial charge >= 0.3 is 5.97 Å². The van der Waals surface area contributed by atoms with Gasteiger partial charge in [-0.25, -0.2) is 0 Å². The molecule has 0 aromatic carbocycles. The Hall–Kier alpha value is -0.260. The number of ether oxygens (including phenoxy) is 1. The summed E-state index contributed by atoms with van der Waals surface area (Å²) in [6.45, 7) is 4.82. The van der Waals surface area contributed by atoms with Crippen molar-refractivity contribution in [2.75, 3.05) is 31.8 Å². The number of likely N-dealkylation sites (N-methyl/N-ethyl adjacent to an activating group) is 1. The van der Waals surface area contributed by atoms with E-state index in [1.807, 2.05) is 13.8 Å². The number of thioether (sulfide) groups is 1. The van der Waals surface area contributed by atoms with Gasteiger partial charge < -0.3 is 15.2 Å². The lowest BCUT2D eigenvalue weighted by atomic mass is 9.99. The fourth-order valence-corrected chi connectivity index (χ4v) is 2.51. The third-order valence-electron chi connectivity index (χ3n) is 2.40. The number of hydrogen-bond donors (Lipinski definition) is 2. The number of nitrogens with one attached hydrogen (secondary N) is 1. The average Bonchev–Trinajstić information content (AvgIpc) is 2.28. The molecular formula is C11H23NO3S. The van der Waals surface area contributed by atoms with Gasteiger partial charge in [-0.05, 0) is 37.8 Å². The summed E-state index contributed by atoms with van der Waals surface area (Å²) in [5, 5.41) is 11.8. The number of aliphatic hydroxyl groups is 1. The second-order valence-electron chi connectivity index (χ2n) is 3.79. The Morgan fingerprint density at radius 2 is 2.19 bits per heavy atom. The minimum atomic E-state index is -0.588. The molecule has 0 bridgehead atoms. The Labute approximate surface area is 102 Å². The number of aliphatic hydroxyl groups excluding tert-OH is 1. The number of carbonyl (C=O) groups is 1. The number of rotatable bonds is 9. The van der Waals surface area contributed by atoms with E-state index in [1.165, 1.54) is 7.11 Å². The minimum absolute atomic E-state index is 0.211. The Morgan fingerprint density at radius 1 is 1.50 bits per heavy atom. The molecule has 0 spiro atoms. The average molecular weight is 249 g/mol. The largest absolute Gasteiger partial charge is 0.468 e. The van der Waals surface area contributed by atoms with Crippen LogP contribution >= 0.6 is 11.8 Å². The Bertz CT molecular complexity index is 202. The van der Waals surface area contributed by atoms with Crippen LogP contribution in [-0.4, -0.2) is 48.4 Å². The molecule has 0 saturated carbocycles. The SMILES string of the molecule is CCNC(C)(CCSCCCO)C(=O)OC. The molecule has 2 N–H and O–H groups in total. The molecule has 4 nitrogen and oxygen atoms in total. The first kappa shape index (κ1) is 15.7. The molecule has 0 fully saturated rings. The number of esters is 1. The van der Waals surface area contributed by atoms with Gasteiger partial charge in [0.25, 0.3) is 0 Å². The van der Waals surface area contributed by atoms with E-state index in [0.29, 0.717) is 0 Å². The second-order valence-corrected chi connectivity index (χ2v) is 5.02. The van der Waals surface area contributed by atoms with E-state index in [0.717, 1.165) is 30.9 Å². The predicted molar refractivity (Wildman–Crippen MR) is 67.7 cm³/mol. The first-order valence-electron chi connectivity index (χ1n) is 5.62. The van der Waals surface area contributed by atoms with Crippen molar-refractivity contribution in [1.82, 2.24) is 5.32 Å². The van der Waals surface area contributed by atoms with Crippen molar-refractivity contribution in [3.63, 3.8) is 0 Å². The first-order valence-corrected chi connectivity index (χ1v) is 6.78. The molecule has 0 aromatic rings. The van der Waals surface area contributed by atoms with Crippen LogP contribution in [0.4, 0.5) is 0 Å². The highest BCUT2D eigenvalue weighted by Crippen LogP contribution is 2.16. The zero-order chi connectivity index (χ0) is 12.4. The molecule has 0 aliphatic carbocycles. The third-order valence-corrected chi connectivity index (χ3v) is 3.47. The maximum Gasteiger partial charge on any atom is 0.325 e. The molecule has 96 valence electrons. The molecule has 1 unspecified atom stereocenters. The Balaban J connectivity index is 3.97. The summed E-state index contributed by atoms with van der Waals surface area (Å²) in [7, 11) is 1.41. The van der Waals surface area contributed by atoms with Crippen molar-refractivity contribution in [2.45, 2.75) is 32.2 Å². The predicted octanol–water partition coefficient (Wildman–Crippen LogP) is 1.03. The van der Waals surface area contributed by atoms with E-state index in [-0.39, 0.29) is 12.6 Å². The van der Waals surface area contributed by atoms with Crippen LogP contribution in [0.15, 0.2) is 0 Å². The van der Waals surface area contributed by atoms with Crippen molar-refractivity contribution in [2.24, 2.45) is 0 Å². The second kappa shape index (κ2) is 8.84. The van der Waals surface area contributed by atoms with Crippen molar-refractivity contribution in [1.29, 1.82) is 0 Å². The third kappa shape index (κ3) is 5.72. The molecule has 0 amide bonds. The molecule has 0 aromatic heterocycles. The normalized spacial score (nSPS) is 14.5.